The van der Waals surface area contributed by atoms with Gasteiger partial charge in [-0.2, -0.15) is 5.06 Å². The van der Waals surface area contributed by atoms with Gasteiger partial charge in [-0.3, -0.25) is 4.90 Å². The predicted molar refractivity (Wildman–Crippen MR) is 33.1 cm³/mol. The number of nitrogens with zero attached hydrogens (tertiary/aromatic N) is 2. The standard InChI is InChI=1S/C6H12N2O/c9-8-5-2-6(8)7-3-1-4-7/h6,9H,1-5H2. The van der Waals surface area contributed by atoms with E-state index in [-0.39, 0.29) is 0 Å². The molecule has 2 heterocycles. The van der Waals surface area contributed by atoms with Crippen molar-refractivity contribution in [3.05, 3.63) is 0 Å². The fourth-order valence-corrected chi connectivity index (χ4v) is 1.37. The first-order valence-electron chi connectivity index (χ1n) is 3.57. The van der Waals surface area contributed by atoms with Gasteiger partial charge in [0.1, 0.15) is 0 Å². The summed E-state index contributed by atoms with van der Waals surface area (Å²) in [7, 11) is 0. The molecule has 9 heavy (non-hydrogen) atoms. The highest BCUT2D eigenvalue weighted by Crippen LogP contribution is 2.22. The molecule has 2 aliphatic rings. The Labute approximate surface area is 54.8 Å². The summed E-state index contributed by atoms with van der Waals surface area (Å²) in [6.07, 6.45) is 2.83. The molecular formula is C6H12N2O. The summed E-state index contributed by atoms with van der Waals surface area (Å²) in [6, 6.07) is 0. The zero-order valence-electron chi connectivity index (χ0n) is 5.45. The maximum Gasteiger partial charge on any atom is 0.0878 e. The zero-order chi connectivity index (χ0) is 6.27. The lowest BCUT2D eigenvalue weighted by Gasteiger charge is -2.47. The van der Waals surface area contributed by atoms with Crippen LogP contribution >= 0.6 is 0 Å². The van der Waals surface area contributed by atoms with E-state index in [0.717, 1.165) is 13.0 Å². The lowest BCUT2D eigenvalue weighted by atomic mass is 10.1. The average molecular weight is 128 g/mol. The molecule has 2 fully saturated rings. The number of hydrogen-bond acceptors (Lipinski definition) is 3. The second kappa shape index (κ2) is 1.94. The van der Waals surface area contributed by atoms with E-state index in [1.807, 2.05) is 0 Å². The van der Waals surface area contributed by atoms with E-state index in [0.29, 0.717) is 6.17 Å². The summed E-state index contributed by atoms with van der Waals surface area (Å²) in [4.78, 5) is 2.31. The highest BCUT2D eigenvalue weighted by atomic mass is 16.5. The van der Waals surface area contributed by atoms with Crippen LogP contribution in [-0.2, 0) is 0 Å². The van der Waals surface area contributed by atoms with Crippen LogP contribution in [0.1, 0.15) is 12.8 Å². The van der Waals surface area contributed by atoms with Gasteiger partial charge in [-0.1, -0.05) is 0 Å². The van der Waals surface area contributed by atoms with Crippen LogP contribution in [0, 0.1) is 0 Å². The van der Waals surface area contributed by atoms with E-state index in [9.17, 15) is 0 Å². The van der Waals surface area contributed by atoms with Crippen molar-refractivity contribution in [1.82, 2.24) is 9.96 Å². The van der Waals surface area contributed by atoms with Crippen molar-refractivity contribution in [2.45, 2.75) is 19.0 Å². The molecule has 1 unspecified atom stereocenters. The number of hydrogen-bond donors (Lipinski definition) is 1. The monoisotopic (exact) mass is 128 g/mol. The Hall–Kier alpha value is -0.120. The van der Waals surface area contributed by atoms with Crippen LogP contribution in [0.3, 0.4) is 0 Å². The lowest BCUT2D eigenvalue weighted by molar-refractivity contribution is -0.237. The molecule has 1 N–H and O–H groups in total. The maximum atomic E-state index is 9.03. The van der Waals surface area contributed by atoms with Crippen LogP contribution in [0.15, 0.2) is 0 Å². The van der Waals surface area contributed by atoms with Gasteiger partial charge in [0.25, 0.3) is 0 Å². The second-order valence-electron chi connectivity index (χ2n) is 2.82. The van der Waals surface area contributed by atoms with Gasteiger partial charge in [0.05, 0.1) is 6.17 Å². The summed E-state index contributed by atoms with van der Waals surface area (Å²) in [6.45, 7) is 3.23. The van der Waals surface area contributed by atoms with Crippen molar-refractivity contribution in [3.8, 4) is 0 Å². The van der Waals surface area contributed by atoms with E-state index in [1.54, 1.807) is 0 Å². The van der Waals surface area contributed by atoms with Gasteiger partial charge in [0, 0.05) is 19.6 Å². The normalized spacial score (nSPS) is 37.7. The third-order valence-corrected chi connectivity index (χ3v) is 2.27. The predicted octanol–water partition coefficient (Wildman–Crippen LogP) is 0.113. The van der Waals surface area contributed by atoms with E-state index in [4.69, 9.17) is 5.21 Å². The molecule has 2 rings (SSSR count). The molecule has 3 nitrogen and oxygen atoms in total. The molecule has 0 aromatic rings. The summed E-state index contributed by atoms with van der Waals surface area (Å²) in [5, 5.41) is 10.5. The van der Waals surface area contributed by atoms with Gasteiger partial charge in [0.2, 0.25) is 0 Å². The Balaban J connectivity index is 1.83. The third-order valence-electron chi connectivity index (χ3n) is 2.27. The Morgan fingerprint density at radius 2 is 2.00 bits per heavy atom. The molecular weight excluding hydrogens is 116 g/mol. The Bertz CT molecular complexity index is 114. The quantitative estimate of drug-likeness (QED) is 0.543. The van der Waals surface area contributed by atoms with Gasteiger partial charge in [-0.05, 0) is 12.8 Å². The van der Waals surface area contributed by atoms with Crippen LogP contribution < -0.4 is 0 Å². The van der Waals surface area contributed by atoms with Gasteiger partial charge in [-0.25, -0.2) is 0 Å². The first kappa shape index (κ1) is 5.65. The highest BCUT2D eigenvalue weighted by Gasteiger charge is 2.34. The zero-order valence-corrected chi connectivity index (χ0v) is 5.45. The second-order valence-corrected chi connectivity index (χ2v) is 2.82. The fourth-order valence-electron chi connectivity index (χ4n) is 1.37. The van der Waals surface area contributed by atoms with Crippen molar-refractivity contribution in [1.29, 1.82) is 0 Å². The van der Waals surface area contributed by atoms with E-state index in [1.165, 1.54) is 24.6 Å². The van der Waals surface area contributed by atoms with Crippen molar-refractivity contribution >= 4 is 0 Å². The number of rotatable bonds is 1. The smallest absolute Gasteiger partial charge is 0.0878 e. The van der Waals surface area contributed by atoms with Crippen LogP contribution in [0.2, 0.25) is 0 Å². The fraction of sp³-hybridized carbons (Fsp3) is 1.00. The van der Waals surface area contributed by atoms with Gasteiger partial charge in [-0.15, -0.1) is 0 Å². The molecule has 2 saturated heterocycles. The summed E-state index contributed by atoms with van der Waals surface area (Å²) in [5.74, 6) is 0. The summed E-state index contributed by atoms with van der Waals surface area (Å²) in [5.41, 5.74) is 0. The molecule has 3 heteroatoms. The largest absolute Gasteiger partial charge is 0.312 e. The highest BCUT2D eigenvalue weighted by molar-refractivity contribution is 4.82. The number of likely N-dealkylation sites (tertiary alicyclic amines) is 1. The van der Waals surface area contributed by atoms with Crippen LogP contribution in [0.5, 0.6) is 0 Å². The minimum absolute atomic E-state index is 0.374. The third kappa shape index (κ3) is 0.764. The molecule has 0 aromatic heterocycles. The molecule has 0 aromatic carbocycles. The summed E-state index contributed by atoms with van der Waals surface area (Å²) >= 11 is 0. The number of hydroxylamine groups is 2. The molecule has 0 spiro atoms. The topological polar surface area (TPSA) is 26.7 Å². The molecule has 0 radical (unpaired) electrons. The van der Waals surface area contributed by atoms with Crippen molar-refractivity contribution in [2.75, 3.05) is 19.6 Å². The van der Waals surface area contributed by atoms with Gasteiger partial charge in [0.15, 0.2) is 0 Å². The Kier molecular flexibility index (Phi) is 1.22. The minimum Gasteiger partial charge on any atom is -0.312 e. The van der Waals surface area contributed by atoms with Gasteiger partial charge < -0.3 is 5.21 Å². The molecule has 52 valence electrons. The van der Waals surface area contributed by atoms with E-state index >= 15 is 0 Å². The molecule has 1 atom stereocenters. The van der Waals surface area contributed by atoms with Crippen LogP contribution in [-0.4, -0.2) is 41.0 Å². The van der Waals surface area contributed by atoms with Crippen LogP contribution in [0.25, 0.3) is 0 Å². The van der Waals surface area contributed by atoms with Crippen molar-refractivity contribution < 1.29 is 5.21 Å². The molecule has 2 aliphatic heterocycles. The minimum atomic E-state index is 0.374. The molecule has 0 amide bonds. The van der Waals surface area contributed by atoms with Crippen LogP contribution in [0.4, 0.5) is 0 Å². The van der Waals surface area contributed by atoms with E-state index < -0.39 is 0 Å². The van der Waals surface area contributed by atoms with E-state index in [2.05, 4.69) is 4.90 Å². The Morgan fingerprint density at radius 1 is 1.22 bits per heavy atom. The SMILES string of the molecule is ON1CCC1N1CCC1. The van der Waals surface area contributed by atoms with Crippen molar-refractivity contribution in [2.24, 2.45) is 0 Å². The van der Waals surface area contributed by atoms with Crippen molar-refractivity contribution in [3.63, 3.8) is 0 Å². The average Bonchev–Trinajstić information content (AvgIpc) is 1.74. The van der Waals surface area contributed by atoms with Gasteiger partial charge >= 0.3 is 0 Å². The first-order valence-corrected chi connectivity index (χ1v) is 3.57. The lowest BCUT2D eigenvalue weighted by Crippen LogP contribution is -2.59. The molecule has 0 bridgehead atoms. The summed E-state index contributed by atoms with van der Waals surface area (Å²) < 4.78 is 0. The molecule has 0 saturated carbocycles. The Morgan fingerprint density at radius 3 is 2.11 bits per heavy atom. The maximum absolute atomic E-state index is 9.03. The molecule has 0 aliphatic carbocycles. The first-order chi connectivity index (χ1) is 4.38.